The number of aromatic amines is 1. The minimum absolute atomic E-state index is 0.135. The lowest BCUT2D eigenvalue weighted by molar-refractivity contribution is -0.121. The van der Waals surface area contributed by atoms with Crippen LogP contribution in [0.5, 0.6) is 0 Å². The number of guanidine groups is 1. The van der Waals surface area contributed by atoms with Crippen molar-refractivity contribution in [3.63, 3.8) is 0 Å². The largest absolute Gasteiger partial charge is 0.369 e. The summed E-state index contributed by atoms with van der Waals surface area (Å²) >= 11 is 0. The van der Waals surface area contributed by atoms with Crippen LogP contribution in [0.2, 0.25) is 0 Å². The second-order valence-corrected chi connectivity index (χ2v) is 8.01. The first-order valence-corrected chi connectivity index (χ1v) is 10.4. The van der Waals surface area contributed by atoms with E-state index in [0.29, 0.717) is 11.7 Å². The van der Waals surface area contributed by atoms with Crippen molar-refractivity contribution in [2.45, 2.75) is 0 Å². The number of hydrogen-bond acceptors (Lipinski definition) is 6. The van der Waals surface area contributed by atoms with Crippen molar-refractivity contribution in [3.05, 3.63) is 59.9 Å². The standard InChI is InChI=1S/C23H25N7O/c1-28-9-11-30(12-10-28)19-6-4-18(5-7-19)25-23-26-21(22(31)29(23)2)14-16-3-8-20-17(13-16)15-24-27-20/h3-8,13-15H,9-12H2,1-2H3,(H,24,27)(H,25,26)/b21-14-. The highest BCUT2D eigenvalue weighted by Crippen LogP contribution is 2.23. The number of nitrogens with zero attached hydrogens (tertiary/aromatic N) is 5. The van der Waals surface area contributed by atoms with Gasteiger partial charge in [-0.05, 0) is 55.1 Å². The maximum Gasteiger partial charge on any atom is 0.279 e. The van der Waals surface area contributed by atoms with E-state index in [1.807, 2.05) is 30.3 Å². The lowest BCUT2D eigenvalue weighted by atomic mass is 10.1. The van der Waals surface area contributed by atoms with E-state index in [4.69, 9.17) is 0 Å². The van der Waals surface area contributed by atoms with Gasteiger partial charge in [0.2, 0.25) is 5.96 Å². The van der Waals surface area contributed by atoms with Crippen LogP contribution in [0.3, 0.4) is 0 Å². The summed E-state index contributed by atoms with van der Waals surface area (Å²) in [5.74, 6) is 0.386. The van der Waals surface area contributed by atoms with Gasteiger partial charge in [-0.2, -0.15) is 5.10 Å². The number of amides is 1. The van der Waals surface area contributed by atoms with E-state index in [-0.39, 0.29) is 5.91 Å². The molecule has 0 saturated carbocycles. The first-order valence-electron chi connectivity index (χ1n) is 10.4. The zero-order chi connectivity index (χ0) is 21.4. The van der Waals surface area contributed by atoms with Crippen molar-refractivity contribution >= 4 is 40.2 Å². The zero-order valence-electron chi connectivity index (χ0n) is 17.7. The molecule has 0 bridgehead atoms. The third-order valence-electron chi connectivity index (χ3n) is 5.83. The lowest BCUT2D eigenvalue weighted by Gasteiger charge is -2.34. The highest BCUT2D eigenvalue weighted by Gasteiger charge is 2.27. The predicted octanol–water partition coefficient (Wildman–Crippen LogP) is 2.60. The molecule has 31 heavy (non-hydrogen) atoms. The smallest absolute Gasteiger partial charge is 0.279 e. The third-order valence-corrected chi connectivity index (χ3v) is 5.83. The second kappa shape index (κ2) is 7.88. The molecule has 0 spiro atoms. The average molecular weight is 416 g/mol. The molecule has 1 aromatic heterocycles. The Hall–Kier alpha value is -3.65. The van der Waals surface area contributed by atoms with Gasteiger partial charge in [0.1, 0.15) is 5.70 Å². The Labute approximate surface area is 180 Å². The number of carbonyl (C=O) groups excluding carboxylic acids is 1. The van der Waals surface area contributed by atoms with Crippen LogP contribution in [0.15, 0.2) is 59.4 Å². The molecular weight excluding hydrogens is 390 g/mol. The van der Waals surface area contributed by atoms with Gasteiger partial charge in [-0.3, -0.25) is 14.8 Å². The van der Waals surface area contributed by atoms with Crippen molar-refractivity contribution in [1.29, 1.82) is 0 Å². The number of anilines is 2. The molecule has 2 aromatic carbocycles. The second-order valence-electron chi connectivity index (χ2n) is 8.01. The number of H-pyrrole nitrogens is 1. The van der Waals surface area contributed by atoms with Crippen molar-refractivity contribution in [1.82, 2.24) is 20.0 Å². The average Bonchev–Trinajstić information content (AvgIpc) is 3.35. The molecule has 3 aromatic rings. The molecule has 0 radical (unpaired) electrons. The minimum atomic E-state index is -0.135. The number of carbonyl (C=O) groups is 1. The Bertz CT molecular complexity index is 1170. The van der Waals surface area contributed by atoms with Gasteiger partial charge < -0.3 is 15.1 Å². The highest BCUT2D eigenvalue weighted by atomic mass is 16.2. The number of piperazine rings is 1. The molecule has 3 heterocycles. The first kappa shape index (κ1) is 19.3. The van der Waals surface area contributed by atoms with E-state index in [2.05, 4.69) is 49.5 Å². The molecule has 0 aliphatic carbocycles. The summed E-state index contributed by atoms with van der Waals surface area (Å²) in [7, 11) is 3.88. The van der Waals surface area contributed by atoms with Crippen LogP contribution < -0.4 is 10.2 Å². The molecule has 5 rings (SSSR count). The molecule has 1 fully saturated rings. The normalized spacial score (nSPS) is 18.8. The maximum atomic E-state index is 12.7. The molecule has 1 amide bonds. The van der Waals surface area contributed by atoms with E-state index >= 15 is 0 Å². The van der Waals surface area contributed by atoms with Crippen LogP contribution in [-0.2, 0) is 4.79 Å². The Morgan fingerprint density at radius 3 is 2.58 bits per heavy atom. The van der Waals surface area contributed by atoms with E-state index in [1.54, 1.807) is 19.3 Å². The summed E-state index contributed by atoms with van der Waals surface area (Å²) in [5, 5.41) is 11.2. The Morgan fingerprint density at radius 1 is 1.03 bits per heavy atom. The van der Waals surface area contributed by atoms with Crippen molar-refractivity contribution < 1.29 is 4.79 Å². The van der Waals surface area contributed by atoms with Gasteiger partial charge >= 0.3 is 0 Å². The molecule has 2 N–H and O–H groups in total. The fourth-order valence-electron chi connectivity index (χ4n) is 3.87. The van der Waals surface area contributed by atoms with Gasteiger partial charge in [0, 0.05) is 50.0 Å². The van der Waals surface area contributed by atoms with Crippen molar-refractivity contribution in [2.75, 3.05) is 50.5 Å². The van der Waals surface area contributed by atoms with E-state index < -0.39 is 0 Å². The number of hydrogen-bond donors (Lipinski definition) is 2. The molecule has 1 saturated heterocycles. The van der Waals surface area contributed by atoms with E-state index in [9.17, 15) is 4.79 Å². The summed E-state index contributed by atoms with van der Waals surface area (Å²) in [5.41, 5.74) is 4.39. The highest BCUT2D eigenvalue weighted by molar-refractivity contribution is 6.17. The van der Waals surface area contributed by atoms with Gasteiger partial charge in [0.25, 0.3) is 5.91 Å². The molecule has 0 atom stereocenters. The van der Waals surface area contributed by atoms with E-state index in [1.165, 1.54) is 10.6 Å². The quantitative estimate of drug-likeness (QED) is 0.643. The molecule has 0 unspecified atom stereocenters. The summed E-state index contributed by atoms with van der Waals surface area (Å²) in [6.07, 6.45) is 3.57. The summed E-state index contributed by atoms with van der Waals surface area (Å²) in [6, 6.07) is 14.2. The Morgan fingerprint density at radius 2 is 1.81 bits per heavy atom. The molecule has 2 aliphatic rings. The number of rotatable bonds is 3. The maximum absolute atomic E-state index is 12.7. The van der Waals surface area contributed by atoms with Gasteiger partial charge in [-0.1, -0.05) is 6.07 Å². The predicted molar refractivity (Wildman–Crippen MR) is 124 cm³/mol. The van der Waals surface area contributed by atoms with Crippen LogP contribution >= 0.6 is 0 Å². The van der Waals surface area contributed by atoms with Crippen LogP contribution in [0, 0.1) is 0 Å². The first-order chi connectivity index (χ1) is 15.1. The number of aromatic nitrogens is 2. The molecule has 8 nitrogen and oxygen atoms in total. The van der Waals surface area contributed by atoms with Gasteiger partial charge in [0.15, 0.2) is 0 Å². The fourth-order valence-corrected chi connectivity index (χ4v) is 3.87. The summed E-state index contributed by atoms with van der Waals surface area (Å²) < 4.78 is 0. The van der Waals surface area contributed by atoms with Crippen molar-refractivity contribution in [3.8, 4) is 0 Å². The summed E-state index contributed by atoms with van der Waals surface area (Å²) in [6.45, 7) is 4.22. The zero-order valence-corrected chi connectivity index (χ0v) is 17.7. The number of fused-ring (bicyclic) bond motifs is 1. The third kappa shape index (κ3) is 3.89. The van der Waals surface area contributed by atoms with Crippen LogP contribution in [-0.4, -0.2) is 72.1 Å². The van der Waals surface area contributed by atoms with E-state index in [0.717, 1.165) is 48.3 Å². The number of aliphatic imine (C=N–C) groups is 1. The van der Waals surface area contributed by atoms with Crippen LogP contribution in [0.4, 0.5) is 11.4 Å². The summed E-state index contributed by atoms with van der Waals surface area (Å²) in [4.78, 5) is 23.5. The number of nitrogens with one attached hydrogen (secondary N) is 2. The Balaban J connectivity index is 1.32. The molecule has 8 heteroatoms. The fraction of sp³-hybridized carbons (Fsp3) is 0.261. The molecular formula is C23H25N7O. The van der Waals surface area contributed by atoms with Gasteiger partial charge in [0.05, 0.1) is 11.7 Å². The van der Waals surface area contributed by atoms with Gasteiger partial charge in [-0.15, -0.1) is 0 Å². The van der Waals surface area contributed by atoms with Crippen molar-refractivity contribution in [2.24, 2.45) is 4.99 Å². The Kier molecular flexibility index (Phi) is 4.91. The van der Waals surface area contributed by atoms with Crippen LogP contribution in [0.25, 0.3) is 17.0 Å². The number of benzene rings is 2. The monoisotopic (exact) mass is 415 g/mol. The lowest BCUT2D eigenvalue weighted by Crippen LogP contribution is -2.44. The van der Waals surface area contributed by atoms with Crippen LogP contribution in [0.1, 0.15) is 5.56 Å². The van der Waals surface area contributed by atoms with Gasteiger partial charge in [-0.25, -0.2) is 4.99 Å². The molecule has 158 valence electrons. The topological polar surface area (TPSA) is 79.9 Å². The molecule has 2 aliphatic heterocycles. The minimum Gasteiger partial charge on any atom is -0.369 e. The SMILES string of the molecule is CN1CCN(c2ccc(NC3=N/C(=C\c4ccc5[nH]ncc5c4)C(=O)N3C)cc2)CC1. The number of likely N-dealkylation sites (N-methyl/N-ethyl adjacent to an activating group) is 2.